The lowest BCUT2D eigenvalue weighted by Crippen LogP contribution is -1.91. The second-order valence-electron chi connectivity index (χ2n) is 3.28. The third-order valence-electron chi connectivity index (χ3n) is 2.17. The van der Waals surface area contributed by atoms with Crippen LogP contribution < -0.4 is 0 Å². The van der Waals surface area contributed by atoms with Crippen LogP contribution in [-0.2, 0) is 0 Å². The predicted molar refractivity (Wildman–Crippen MR) is 86.6 cm³/mol. The molecule has 0 fully saturated rings. The molecule has 0 saturated heterocycles. The van der Waals surface area contributed by atoms with Crippen LogP contribution in [0.15, 0.2) is 37.0 Å². The number of benzene rings is 1. The van der Waals surface area contributed by atoms with Crippen molar-refractivity contribution in [1.82, 2.24) is 0 Å². The number of alkyl halides is 1. The van der Waals surface area contributed by atoms with Crippen LogP contribution in [0, 0.1) is 0 Å². The van der Waals surface area contributed by atoms with E-state index < -0.39 is 0 Å². The summed E-state index contributed by atoms with van der Waals surface area (Å²) < 4.78 is 2.90. The van der Waals surface area contributed by atoms with Gasteiger partial charge < -0.3 is 0 Å². The zero-order valence-corrected chi connectivity index (χ0v) is 15.3. The van der Waals surface area contributed by atoms with E-state index in [0.717, 1.165) is 23.2 Å². The number of hydrogen-bond acceptors (Lipinski definition) is 1. The highest BCUT2D eigenvalue weighted by Crippen LogP contribution is 2.43. The summed E-state index contributed by atoms with van der Waals surface area (Å²) in [7, 11) is 0. The molecular formula is C11H5Br3Cl2S. The summed E-state index contributed by atoms with van der Waals surface area (Å²) in [5, 5.41) is 0.417. The van der Waals surface area contributed by atoms with E-state index in [4.69, 9.17) is 23.2 Å². The van der Waals surface area contributed by atoms with Crippen molar-refractivity contribution in [2.24, 2.45) is 0 Å². The van der Waals surface area contributed by atoms with Gasteiger partial charge in [0.25, 0.3) is 0 Å². The van der Waals surface area contributed by atoms with Gasteiger partial charge in [0.15, 0.2) is 0 Å². The first-order valence-electron chi connectivity index (χ1n) is 4.53. The van der Waals surface area contributed by atoms with E-state index in [9.17, 15) is 0 Å². The molecule has 0 radical (unpaired) electrons. The third-order valence-corrected chi connectivity index (χ3v) is 7.40. The predicted octanol–water partition coefficient (Wildman–Crippen LogP) is 7.02. The highest BCUT2D eigenvalue weighted by atomic mass is 79.9. The zero-order valence-electron chi connectivity index (χ0n) is 8.18. The highest BCUT2D eigenvalue weighted by molar-refractivity contribution is 9.13. The van der Waals surface area contributed by atoms with Gasteiger partial charge in [-0.15, -0.1) is 22.9 Å². The van der Waals surface area contributed by atoms with Gasteiger partial charge in [-0.1, -0.05) is 23.7 Å². The molecular weight excluding hydrogens is 475 g/mol. The first-order chi connectivity index (χ1) is 8.00. The smallest absolute Gasteiger partial charge is 0.0943 e. The summed E-state index contributed by atoms with van der Waals surface area (Å²) in [6.07, 6.45) is 0. The maximum atomic E-state index is 6.46. The van der Waals surface area contributed by atoms with E-state index in [0.29, 0.717) is 5.02 Å². The quantitative estimate of drug-likeness (QED) is 0.406. The molecule has 0 bridgehead atoms. The van der Waals surface area contributed by atoms with Gasteiger partial charge in [-0.05, 0) is 65.5 Å². The Morgan fingerprint density at radius 3 is 2.41 bits per heavy atom. The van der Waals surface area contributed by atoms with Gasteiger partial charge in [0, 0.05) is 13.8 Å². The summed E-state index contributed by atoms with van der Waals surface area (Å²) >= 11 is 24.6. The normalized spacial score (nSPS) is 12.8. The monoisotopic (exact) mass is 476 g/mol. The lowest BCUT2D eigenvalue weighted by Gasteiger charge is -2.10. The molecule has 1 atom stereocenters. The van der Waals surface area contributed by atoms with Crippen molar-refractivity contribution in [2.45, 2.75) is 5.38 Å². The Balaban J connectivity index is 2.43. The van der Waals surface area contributed by atoms with E-state index in [2.05, 4.69) is 47.8 Å². The topological polar surface area (TPSA) is 0 Å². The summed E-state index contributed by atoms with van der Waals surface area (Å²) in [5.74, 6) is 0. The minimum Gasteiger partial charge on any atom is -0.130 e. The van der Waals surface area contributed by atoms with Gasteiger partial charge in [0.1, 0.15) is 0 Å². The van der Waals surface area contributed by atoms with Crippen LogP contribution in [0.5, 0.6) is 0 Å². The molecule has 17 heavy (non-hydrogen) atoms. The van der Waals surface area contributed by atoms with Crippen molar-refractivity contribution in [3.05, 3.63) is 52.5 Å². The molecule has 2 rings (SSSR count). The van der Waals surface area contributed by atoms with Gasteiger partial charge in [0.05, 0.1) is 14.2 Å². The average molecular weight is 480 g/mol. The second-order valence-corrected chi connectivity index (χ2v) is 8.20. The number of rotatable bonds is 2. The van der Waals surface area contributed by atoms with Crippen LogP contribution in [-0.4, -0.2) is 0 Å². The minimum absolute atomic E-state index is 0.243. The lowest BCUT2D eigenvalue weighted by molar-refractivity contribution is 1.18. The molecule has 2 aromatic rings. The van der Waals surface area contributed by atoms with Crippen LogP contribution in [0.3, 0.4) is 0 Å². The van der Waals surface area contributed by atoms with Crippen LogP contribution in [0.4, 0.5) is 0 Å². The molecule has 0 spiro atoms. The summed E-state index contributed by atoms with van der Waals surface area (Å²) in [4.78, 5) is 1.05. The van der Waals surface area contributed by atoms with Crippen LogP contribution in [0.25, 0.3) is 0 Å². The van der Waals surface area contributed by atoms with Gasteiger partial charge in [-0.3, -0.25) is 0 Å². The third kappa shape index (κ3) is 3.10. The fourth-order valence-corrected chi connectivity index (χ4v) is 4.50. The molecule has 1 aromatic carbocycles. The number of thiophene rings is 1. The molecule has 1 heterocycles. The molecule has 0 aliphatic rings. The standard InChI is InChI=1S/C11H5Br3Cl2S/c12-6-3-1-2-5(9(6)15)10(16)8-4-7(13)11(14)17-8/h1-4,10H. The molecule has 0 nitrogen and oxygen atoms in total. The van der Waals surface area contributed by atoms with Crippen molar-refractivity contribution >= 4 is 82.3 Å². The zero-order chi connectivity index (χ0) is 12.6. The maximum Gasteiger partial charge on any atom is 0.0943 e. The highest BCUT2D eigenvalue weighted by Gasteiger charge is 2.18. The van der Waals surface area contributed by atoms with Crippen molar-refractivity contribution in [3.8, 4) is 0 Å². The summed E-state index contributed by atoms with van der Waals surface area (Å²) in [6, 6.07) is 7.77. The molecule has 6 heteroatoms. The number of halogens is 5. The lowest BCUT2D eigenvalue weighted by atomic mass is 10.1. The van der Waals surface area contributed by atoms with Gasteiger partial charge in [-0.25, -0.2) is 0 Å². The Morgan fingerprint density at radius 2 is 1.82 bits per heavy atom. The Bertz CT molecular complexity index is 534. The van der Waals surface area contributed by atoms with Crippen LogP contribution in [0.2, 0.25) is 5.02 Å². The molecule has 0 amide bonds. The van der Waals surface area contributed by atoms with Crippen molar-refractivity contribution in [3.63, 3.8) is 0 Å². The van der Waals surface area contributed by atoms with Crippen LogP contribution >= 0.6 is 82.3 Å². The van der Waals surface area contributed by atoms with E-state index in [-0.39, 0.29) is 5.38 Å². The summed E-state index contributed by atoms with van der Waals surface area (Å²) in [5.41, 5.74) is 0.906. The molecule has 0 aliphatic carbocycles. The van der Waals surface area contributed by atoms with E-state index in [1.807, 2.05) is 24.3 Å². The fraction of sp³-hybridized carbons (Fsp3) is 0.0909. The fourth-order valence-electron chi connectivity index (χ4n) is 1.36. The second kappa shape index (κ2) is 5.93. The molecule has 90 valence electrons. The largest absolute Gasteiger partial charge is 0.130 e. The minimum atomic E-state index is -0.243. The van der Waals surface area contributed by atoms with Crippen molar-refractivity contribution < 1.29 is 0 Å². The molecule has 0 saturated carbocycles. The Morgan fingerprint density at radius 1 is 1.12 bits per heavy atom. The molecule has 1 aromatic heterocycles. The molecule has 1 unspecified atom stereocenters. The van der Waals surface area contributed by atoms with Crippen molar-refractivity contribution in [1.29, 1.82) is 0 Å². The van der Waals surface area contributed by atoms with E-state index >= 15 is 0 Å². The Labute approximate surface area is 139 Å². The SMILES string of the molecule is Clc1c(Br)cccc1C(Cl)c1cc(Br)c(Br)s1. The maximum absolute atomic E-state index is 6.46. The first kappa shape index (κ1) is 14.4. The first-order valence-corrected chi connectivity index (χ1v) is 8.54. The molecule has 0 aliphatic heterocycles. The van der Waals surface area contributed by atoms with Crippen molar-refractivity contribution in [2.75, 3.05) is 0 Å². The Hall–Kier alpha value is 0.940. The Kier molecular flexibility index (Phi) is 5.01. The van der Waals surface area contributed by atoms with Gasteiger partial charge in [-0.2, -0.15) is 0 Å². The van der Waals surface area contributed by atoms with E-state index in [1.54, 1.807) is 11.3 Å². The molecule has 0 N–H and O–H groups in total. The average Bonchev–Trinajstić information content (AvgIpc) is 2.62. The van der Waals surface area contributed by atoms with Crippen LogP contribution in [0.1, 0.15) is 15.8 Å². The van der Waals surface area contributed by atoms with Gasteiger partial charge in [0.2, 0.25) is 0 Å². The van der Waals surface area contributed by atoms with E-state index in [1.165, 1.54) is 0 Å². The summed E-state index contributed by atoms with van der Waals surface area (Å²) in [6.45, 7) is 0. The van der Waals surface area contributed by atoms with Gasteiger partial charge >= 0.3 is 0 Å². The number of hydrogen-bond donors (Lipinski definition) is 0.